The molecule has 8 rings (SSSR count). The van der Waals surface area contributed by atoms with E-state index in [1.165, 1.54) is 35.4 Å². The van der Waals surface area contributed by atoms with Gasteiger partial charge in [0.1, 0.15) is 23.6 Å². The molecule has 2 aromatic carbocycles. The number of Topliss-reactive ketones (excluding diaryl/α,β-unsaturated/α-hetero) is 1. The van der Waals surface area contributed by atoms with Crippen LogP contribution in [0.25, 0.3) is 22.3 Å². The van der Waals surface area contributed by atoms with Crippen LogP contribution in [0, 0.1) is 28.8 Å². The predicted octanol–water partition coefficient (Wildman–Crippen LogP) is 3.37. The second kappa shape index (κ2) is 38.2. The number of ketones is 1. The predicted molar refractivity (Wildman–Crippen MR) is 324 cm³/mol. The molecule has 502 valence electrons. The third kappa shape index (κ3) is 21.7. The van der Waals surface area contributed by atoms with Crippen LogP contribution in [0.3, 0.4) is 0 Å². The number of aromatic amines is 1. The van der Waals surface area contributed by atoms with Crippen molar-refractivity contribution < 1.29 is 84.8 Å². The highest BCUT2D eigenvalue weighted by Gasteiger charge is 2.31. The largest absolute Gasteiger partial charge is 0.494 e. The number of piperidine rings is 1. The first-order chi connectivity index (χ1) is 45.4. The number of carbonyl (C=O) groups is 4. The first-order valence-corrected chi connectivity index (χ1v) is 30.6. The van der Waals surface area contributed by atoms with Gasteiger partial charge in [-0.2, -0.15) is 9.94 Å². The van der Waals surface area contributed by atoms with Gasteiger partial charge in [0, 0.05) is 70.2 Å². The molecule has 2 amide bonds. The quantitative estimate of drug-likeness (QED) is 0.0124. The third-order valence-electron chi connectivity index (χ3n) is 14.9. The van der Waals surface area contributed by atoms with Gasteiger partial charge in [-0.3, -0.25) is 24.1 Å². The van der Waals surface area contributed by atoms with Crippen molar-refractivity contribution in [3.8, 4) is 23.4 Å². The van der Waals surface area contributed by atoms with Crippen molar-refractivity contribution in [2.24, 2.45) is 0 Å². The monoisotopic (exact) mass is 1300 g/mol. The number of likely N-dealkylation sites (tertiary alicyclic amines) is 1. The molecule has 6 aromatic rings. The van der Waals surface area contributed by atoms with Gasteiger partial charge < -0.3 is 72.6 Å². The number of aliphatic hydroxyl groups excluding tert-OH is 1. The van der Waals surface area contributed by atoms with Crippen molar-refractivity contribution in [3.63, 3.8) is 0 Å². The number of carbonyl (C=O) groups excluding carboxylic acids is 4. The van der Waals surface area contributed by atoms with Gasteiger partial charge in [-0.15, -0.1) is 10.2 Å². The molecule has 93 heavy (non-hydrogen) atoms. The van der Waals surface area contributed by atoms with Crippen LogP contribution >= 0.6 is 0 Å². The molecule has 0 bridgehead atoms. The van der Waals surface area contributed by atoms with E-state index in [0.29, 0.717) is 166 Å². The van der Waals surface area contributed by atoms with E-state index in [2.05, 4.69) is 56.3 Å². The van der Waals surface area contributed by atoms with Gasteiger partial charge in [-0.25, -0.2) is 27.8 Å². The number of aromatic nitrogens is 8. The summed E-state index contributed by atoms with van der Waals surface area (Å²) in [5, 5.41) is 35.9. The van der Waals surface area contributed by atoms with Gasteiger partial charge in [-0.05, 0) is 36.9 Å². The summed E-state index contributed by atoms with van der Waals surface area (Å²) in [5.74, 6) is -7.10. The van der Waals surface area contributed by atoms with Crippen LogP contribution < -0.4 is 14.8 Å². The lowest BCUT2D eigenvalue weighted by atomic mass is 9.93. The number of allylic oxidation sites excluding steroid dienone is 1. The van der Waals surface area contributed by atoms with Crippen molar-refractivity contribution in [2.75, 3.05) is 165 Å². The maximum atomic E-state index is 13.8. The number of esters is 1. The number of nitrogens with one attached hydrogen (secondary N) is 2. The maximum Gasteiger partial charge on any atom is 0.313 e. The number of methoxy groups -OCH3 is 1. The normalized spacial score (nSPS) is 14.6. The zero-order chi connectivity index (χ0) is 65.6. The Morgan fingerprint density at radius 1 is 0.774 bits per heavy atom. The molecule has 2 fully saturated rings. The fourth-order valence-corrected chi connectivity index (χ4v) is 10.1. The molecule has 0 saturated carbocycles. The van der Waals surface area contributed by atoms with Crippen LogP contribution in [0.1, 0.15) is 57.9 Å². The summed E-state index contributed by atoms with van der Waals surface area (Å²) in [4.78, 5) is 70.1. The van der Waals surface area contributed by atoms with Gasteiger partial charge in [0.15, 0.2) is 17.5 Å². The number of H-pyrrole nitrogens is 1. The Labute approximate surface area is 534 Å². The maximum absolute atomic E-state index is 13.8. The minimum atomic E-state index is -1.31. The molecule has 0 spiro atoms. The molecule has 2 aliphatic heterocycles. The molecule has 28 nitrogen and oxygen atoms in total. The Morgan fingerprint density at radius 2 is 1.41 bits per heavy atom. The van der Waals surface area contributed by atoms with Crippen LogP contribution in [0.5, 0.6) is 11.5 Å². The number of pyridine rings is 1. The van der Waals surface area contributed by atoms with Crippen LogP contribution in [0.2, 0.25) is 0 Å². The van der Waals surface area contributed by atoms with E-state index in [1.807, 2.05) is 30.3 Å². The number of nitriles is 1. The Balaban J connectivity index is 0.594. The molecule has 1 atom stereocenters. The molecule has 6 heterocycles. The molecule has 0 radical (unpaired) electrons. The highest BCUT2D eigenvalue weighted by molar-refractivity contribution is 6.45. The molecule has 0 aliphatic carbocycles. The second-order valence-corrected chi connectivity index (χ2v) is 21.2. The fourth-order valence-electron chi connectivity index (χ4n) is 10.1. The Kier molecular flexibility index (Phi) is 29.0. The van der Waals surface area contributed by atoms with Crippen molar-refractivity contribution in [1.82, 2.24) is 59.7 Å². The molecule has 4 aromatic heterocycles. The Hall–Kier alpha value is -8.13. The van der Waals surface area contributed by atoms with Gasteiger partial charge in [0.05, 0.1) is 173 Å². The zero-order valence-electron chi connectivity index (χ0n) is 51.9. The number of halogens is 3. The SMILES string of the molecule is COc1cnc(-n2cnc(C(=O)NCCCN3CCN(CCOCCOCCOCCOCc4cn(CCOCCOCCOCCOCCC(=O)Oc5c(F)cc(F)cc5F)nn4)C(CO)C3)n2)c2[nH]cc(C(=O)C(=O)N3CCC(=C(C#N)c4ccccc4)CC3)c12. The highest BCUT2D eigenvalue weighted by Crippen LogP contribution is 2.33. The molecular weight excluding hydrogens is 1220 g/mol. The zero-order valence-corrected chi connectivity index (χ0v) is 51.9. The first-order valence-electron chi connectivity index (χ1n) is 30.6. The molecule has 3 N–H and O–H groups in total. The summed E-state index contributed by atoms with van der Waals surface area (Å²) in [6, 6.07) is 12.5. The highest BCUT2D eigenvalue weighted by atomic mass is 19.1. The fraction of sp³-hybridized carbons (Fsp3) is 0.516. The average Bonchev–Trinajstić information content (AvgIpc) is 1.64. The number of hydrogen-bond donors (Lipinski definition) is 3. The molecule has 1 unspecified atom stereocenters. The van der Waals surface area contributed by atoms with Crippen LogP contribution in [-0.4, -0.2) is 254 Å². The summed E-state index contributed by atoms with van der Waals surface area (Å²) in [6.07, 6.45) is 7.30. The average molecular weight is 1300 g/mol. The smallest absolute Gasteiger partial charge is 0.313 e. The Bertz CT molecular complexity index is 3390. The van der Waals surface area contributed by atoms with Gasteiger partial charge in [0.2, 0.25) is 11.6 Å². The summed E-state index contributed by atoms with van der Waals surface area (Å²) in [5.41, 5.74) is 3.48. The van der Waals surface area contributed by atoms with E-state index in [1.54, 1.807) is 10.9 Å². The van der Waals surface area contributed by atoms with Crippen LogP contribution in [0.15, 0.2) is 73.0 Å². The minimum absolute atomic E-state index is 0.000964. The van der Waals surface area contributed by atoms with Crippen molar-refractivity contribution in [3.05, 3.63) is 113 Å². The number of hydrogen-bond acceptors (Lipinski definition) is 23. The minimum Gasteiger partial charge on any atom is -0.494 e. The number of benzene rings is 2. The van der Waals surface area contributed by atoms with E-state index >= 15 is 0 Å². The molecular formula is C62H78F3N13O15. The number of rotatable bonds is 41. The summed E-state index contributed by atoms with van der Waals surface area (Å²) in [6.45, 7) is 10.3. The van der Waals surface area contributed by atoms with Crippen molar-refractivity contribution in [1.29, 1.82) is 5.26 Å². The molecule has 2 aliphatic rings. The summed E-state index contributed by atoms with van der Waals surface area (Å²) >= 11 is 0. The summed E-state index contributed by atoms with van der Waals surface area (Å²) in [7, 11) is 1.44. The first kappa shape index (κ1) is 70.7. The second-order valence-electron chi connectivity index (χ2n) is 21.2. The van der Waals surface area contributed by atoms with E-state index in [0.717, 1.165) is 24.2 Å². The molecule has 2 saturated heterocycles. The lowest BCUT2D eigenvalue weighted by Crippen LogP contribution is -2.55. The van der Waals surface area contributed by atoms with E-state index < -0.39 is 46.8 Å². The van der Waals surface area contributed by atoms with E-state index in [-0.39, 0.29) is 81.5 Å². The standard InChI is InChI=1S/C62H78F3N13O15/c1-84-53-38-69-60(56-55(53)50(37-68-56)57(81)62(83)76-13-8-45(9-14-76)49(36-66)44-6-3-2-4-7-44)78-43-70-59(72-78)61(82)67-11-5-12-74-15-16-75(48(40-74)41-79)17-20-86-23-26-89-30-31-91-32-33-92-42-47-39-77(73-71-47)18-21-87-24-27-90-29-28-88-25-22-85-19-10-54(80)93-58-51(64)34-46(63)35-52(58)65/h2-4,6-7,34-35,37-39,43,48,68,79H,5,8-33,40-42H2,1H3,(H,67,82). The van der Waals surface area contributed by atoms with Crippen LogP contribution in [-0.2, 0) is 60.6 Å². The van der Waals surface area contributed by atoms with Crippen LogP contribution in [0.4, 0.5) is 13.2 Å². The number of amides is 2. The Morgan fingerprint density at radius 3 is 2.05 bits per heavy atom. The molecule has 31 heteroatoms. The van der Waals surface area contributed by atoms with Crippen molar-refractivity contribution in [2.45, 2.75) is 44.9 Å². The van der Waals surface area contributed by atoms with E-state index in [9.17, 15) is 42.7 Å². The summed E-state index contributed by atoms with van der Waals surface area (Å²) < 4.78 is 97.8. The lowest BCUT2D eigenvalue weighted by molar-refractivity contribution is -0.136. The van der Waals surface area contributed by atoms with E-state index in [4.69, 9.17) is 42.6 Å². The number of aliphatic hydroxyl groups is 1. The number of fused-ring (bicyclic) bond motifs is 1. The van der Waals surface area contributed by atoms with Gasteiger partial charge >= 0.3 is 5.97 Å². The van der Waals surface area contributed by atoms with Gasteiger partial charge in [-0.1, -0.05) is 35.5 Å². The number of piperazine rings is 1. The number of nitrogens with zero attached hydrogens (tertiary/aromatic N) is 11. The lowest BCUT2D eigenvalue weighted by Gasteiger charge is -2.40. The van der Waals surface area contributed by atoms with Crippen molar-refractivity contribution >= 4 is 40.0 Å². The third-order valence-corrected chi connectivity index (χ3v) is 14.9. The van der Waals surface area contributed by atoms with Gasteiger partial charge in [0.25, 0.3) is 17.6 Å². The number of ether oxygens (including phenoxy) is 10. The topological polar surface area (TPSA) is 316 Å².